The third-order valence-corrected chi connectivity index (χ3v) is 1.44. The lowest BCUT2D eigenvalue weighted by molar-refractivity contribution is -0.118. The highest BCUT2D eigenvalue weighted by Crippen LogP contribution is 2.05. The second-order valence-electron chi connectivity index (χ2n) is 4.13. The van der Waals surface area contributed by atoms with E-state index in [1.54, 1.807) is 28.6 Å². The largest absolute Gasteiger partial charge is 0.444 e. The minimum absolute atomic E-state index is 0.0269. The number of hydrogen-bond acceptors (Lipinski definition) is 3. The molecule has 0 aromatic carbocycles. The topological polar surface area (TPSA) is 67.4 Å². The highest BCUT2D eigenvalue weighted by Gasteiger charge is 2.15. The van der Waals surface area contributed by atoms with Crippen molar-refractivity contribution in [1.82, 2.24) is 10.6 Å². The lowest BCUT2D eigenvalue weighted by Gasteiger charge is -2.19. The van der Waals surface area contributed by atoms with Gasteiger partial charge >= 0.3 is 6.09 Å². The Morgan fingerprint density at radius 1 is 1.20 bits per heavy atom. The molecule has 86 valence electrons. The minimum atomic E-state index is -0.489. The van der Waals surface area contributed by atoms with E-state index in [1.165, 1.54) is 0 Å². The maximum absolute atomic E-state index is 11.1. The van der Waals surface area contributed by atoms with Crippen LogP contribution in [-0.4, -0.2) is 38.5 Å². The van der Waals surface area contributed by atoms with Crippen LogP contribution in [0.1, 0.15) is 20.8 Å². The highest BCUT2D eigenvalue weighted by molar-refractivity contribution is 6.19. The van der Waals surface area contributed by atoms with E-state index in [2.05, 4.69) is 10.6 Å². The van der Waals surface area contributed by atoms with E-state index in [0.717, 1.165) is 0 Å². The molecular formula is C9H19BN2O3. The Bertz CT molecular complexity index is 226. The number of ether oxygens (including phenoxy) is 1. The first-order valence-corrected chi connectivity index (χ1v) is 5.08. The van der Waals surface area contributed by atoms with Gasteiger partial charge < -0.3 is 15.4 Å². The summed E-state index contributed by atoms with van der Waals surface area (Å²) in [6.07, 6.45) is -0.0138. The van der Waals surface area contributed by atoms with Crippen LogP contribution in [0.3, 0.4) is 0 Å². The van der Waals surface area contributed by atoms with Crippen molar-refractivity contribution in [3.63, 3.8) is 0 Å². The molecule has 0 radical (unpaired) electrons. The Kier molecular flexibility index (Phi) is 5.82. The van der Waals surface area contributed by atoms with Gasteiger partial charge in [0.1, 0.15) is 13.4 Å². The van der Waals surface area contributed by atoms with Crippen molar-refractivity contribution < 1.29 is 14.3 Å². The molecule has 0 atom stereocenters. The molecule has 0 aliphatic heterocycles. The van der Waals surface area contributed by atoms with E-state index in [9.17, 15) is 9.59 Å². The summed E-state index contributed by atoms with van der Waals surface area (Å²) in [7, 11) is 1.77. The zero-order chi connectivity index (χ0) is 11.9. The van der Waals surface area contributed by atoms with Crippen molar-refractivity contribution in [3.8, 4) is 0 Å². The summed E-state index contributed by atoms with van der Waals surface area (Å²) in [5.41, 5.74) is -0.489. The van der Waals surface area contributed by atoms with Crippen LogP contribution in [0.4, 0.5) is 4.79 Å². The molecule has 0 aliphatic rings. The number of amides is 2. The van der Waals surface area contributed by atoms with Crippen LogP contribution < -0.4 is 10.6 Å². The SMILES string of the molecule is BCC(=O)NCCNC(=O)OC(C)(C)C. The predicted octanol–water partition coefficient (Wildman–Crippen LogP) is -0.321. The fourth-order valence-corrected chi connectivity index (χ4v) is 0.806. The maximum atomic E-state index is 11.1. The van der Waals surface area contributed by atoms with E-state index in [-0.39, 0.29) is 5.91 Å². The Morgan fingerprint density at radius 2 is 1.73 bits per heavy atom. The van der Waals surface area contributed by atoms with Crippen molar-refractivity contribution >= 4 is 19.8 Å². The molecule has 0 saturated heterocycles. The van der Waals surface area contributed by atoms with Gasteiger partial charge in [-0.15, -0.1) is 0 Å². The quantitative estimate of drug-likeness (QED) is 0.497. The predicted molar refractivity (Wildman–Crippen MR) is 60.6 cm³/mol. The highest BCUT2D eigenvalue weighted by atomic mass is 16.6. The first kappa shape index (κ1) is 13.8. The maximum Gasteiger partial charge on any atom is 0.407 e. The van der Waals surface area contributed by atoms with Crippen LogP contribution in [0.2, 0.25) is 6.32 Å². The number of carbonyl (C=O) groups excluding carboxylic acids is 2. The molecule has 0 heterocycles. The van der Waals surface area contributed by atoms with Gasteiger partial charge in [0.15, 0.2) is 0 Å². The average Bonchev–Trinajstić information content (AvgIpc) is 2.09. The van der Waals surface area contributed by atoms with E-state index >= 15 is 0 Å². The number of alkyl carbamates (subject to hydrolysis) is 1. The zero-order valence-electron chi connectivity index (χ0n) is 9.85. The van der Waals surface area contributed by atoms with Crippen LogP contribution in [-0.2, 0) is 9.53 Å². The third-order valence-electron chi connectivity index (χ3n) is 1.44. The van der Waals surface area contributed by atoms with E-state index < -0.39 is 11.7 Å². The normalized spacial score (nSPS) is 10.6. The second-order valence-corrected chi connectivity index (χ2v) is 4.13. The van der Waals surface area contributed by atoms with Crippen molar-refractivity contribution in [2.75, 3.05) is 13.1 Å². The monoisotopic (exact) mass is 214 g/mol. The molecule has 0 spiro atoms. The standard InChI is InChI=1S/C9H19BN2O3/c1-9(2,3)15-8(14)12-5-4-11-7(13)6-10/h4-6,10H2,1-3H3,(H,11,13)(H,12,14). The molecule has 0 aliphatic carbocycles. The Morgan fingerprint density at radius 3 is 2.20 bits per heavy atom. The van der Waals surface area contributed by atoms with Gasteiger partial charge in [0, 0.05) is 13.1 Å². The number of rotatable bonds is 4. The molecule has 15 heavy (non-hydrogen) atoms. The lowest BCUT2D eigenvalue weighted by atomic mass is 10.1. The molecule has 0 aromatic heterocycles. The zero-order valence-corrected chi connectivity index (χ0v) is 9.85. The van der Waals surface area contributed by atoms with Crippen molar-refractivity contribution in [2.45, 2.75) is 32.7 Å². The molecule has 0 aromatic rings. The Hall–Kier alpha value is -1.20. The van der Waals surface area contributed by atoms with Gasteiger partial charge in [0.05, 0.1) is 0 Å². The van der Waals surface area contributed by atoms with Crippen LogP contribution in [0.25, 0.3) is 0 Å². The summed E-state index contributed by atoms with van der Waals surface area (Å²) in [4.78, 5) is 22.0. The molecule has 0 fully saturated rings. The van der Waals surface area contributed by atoms with Gasteiger partial charge in [-0.25, -0.2) is 4.79 Å². The van der Waals surface area contributed by atoms with Crippen LogP contribution >= 0.6 is 0 Å². The molecule has 0 rings (SSSR count). The van der Waals surface area contributed by atoms with Gasteiger partial charge in [-0.05, 0) is 27.1 Å². The number of hydrogen-bond donors (Lipinski definition) is 2. The fraction of sp³-hybridized carbons (Fsp3) is 0.778. The Balaban J connectivity index is 3.52. The van der Waals surface area contributed by atoms with Crippen LogP contribution in [0, 0.1) is 0 Å². The van der Waals surface area contributed by atoms with Crippen molar-refractivity contribution in [2.24, 2.45) is 0 Å². The molecule has 2 amide bonds. The van der Waals surface area contributed by atoms with E-state index in [4.69, 9.17) is 4.74 Å². The smallest absolute Gasteiger partial charge is 0.407 e. The summed E-state index contributed by atoms with van der Waals surface area (Å²) in [6, 6.07) is 0. The molecule has 0 bridgehead atoms. The summed E-state index contributed by atoms with van der Waals surface area (Å²) < 4.78 is 5.01. The van der Waals surface area contributed by atoms with Crippen LogP contribution in [0.15, 0.2) is 0 Å². The van der Waals surface area contributed by atoms with E-state index in [1.807, 2.05) is 0 Å². The summed E-state index contributed by atoms with van der Waals surface area (Å²) in [5, 5.41) is 5.18. The molecule has 5 nitrogen and oxygen atoms in total. The molecule has 2 N–H and O–H groups in total. The van der Waals surface area contributed by atoms with Gasteiger partial charge in [-0.3, -0.25) is 4.79 Å². The number of nitrogens with one attached hydrogen (secondary N) is 2. The van der Waals surface area contributed by atoms with Gasteiger partial charge in [0.2, 0.25) is 5.91 Å². The van der Waals surface area contributed by atoms with Gasteiger partial charge in [0.25, 0.3) is 0 Å². The number of carbonyl (C=O) groups is 2. The van der Waals surface area contributed by atoms with Crippen molar-refractivity contribution in [1.29, 1.82) is 0 Å². The van der Waals surface area contributed by atoms with Crippen molar-refractivity contribution in [3.05, 3.63) is 0 Å². The Labute approximate surface area is 91.3 Å². The third kappa shape index (κ3) is 9.12. The van der Waals surface area contributed by atoms with E-state index in [0.29, 0.717) is 19.4 Å². The summed E-state index contributed by atoms with van der Waals surface area (Å²) in [5.74, 6) is -0.0269. The molecular weight excluding hydrogens is 195 g/mol. The average molecular weight is 214 g/mol. The molecule has 0 unspecified atom stereocenters. The summed E-state index contributed by atoms with van der Waals surface area (Å²) in [6.45, 7) is 6.19. The molecule has 6 heteroatoms. The first-order chi connectivity index (χ1) is 6.85. The second kappa shape index (κ2) is 6.32. The minimum Gasteiger partial charge on any atom is -0.444 e. The molecule has 0 saturated carbocycles. The first-order valence-electron chi connectivity index (χ1n) is 5.08. The summed E-state index contributed by atoms with van der Waals surface area (Å²) >= 11 is 0. The van der Waals surface area contributed by atoms with Crippen LogP contribution in [0.5, 0.6) is 0 Å². The van der Waals surface area contributed by atoms with Gasteiger partial charge in [-0.1, -0.05) is 0 Å². The van der Waals surface area contributed by atoms with Gasteiger partial charge in [-0.2, -0.15) is 0 Å². The lowest BCUT2D eigenvalue weighted by Crippen LogP contribution is -2.37. The fourth-order valence-electron chi connectivity index (χ4n) is 0.806.